The van der Waals surface area contributed by atoms with Crippen LogP contribution in [0.25, 0.3) is 0 Å². The van der Waals surface area contributed by atoms with Crippen LogP contribution in [-0.2, 0) is 16.1 Å². The first-order valence-corrected chi connectivity index (χ1v) is 6.07. The number of carboxylic acid groups (broad SMARTS) is 1. The second-order valence-electron chi connectivity index (χ2n) is 4.84. The Morgan fingerprint density at radius 1 is 1.22 bits per heavy atom. The van der Waals surface area contributed by atoms with Crippen LogP contribution < -0.4 is 0 Å². The molecule has 96 valence electrons. The highest BCUT2D eigenvalue weighted by Crippen LogP contribution is 2.25. The van der Waals surface area contributed by atoms with Gasteiger partial charge in [0.25, 0.3) is 0 Å². The van der Waals surface area contributed by atoms with Crippen LogP contribution in [0.15, 0.2) is 30.3 Å². The molecule has 0 unspecified atom stereocenters. The van der Waals surface area contributed by atoms with Gasteiger partial charge in [-0.3, -0.25) is 14.5 Å². The van der Waals surface area contributed by atoms with Gasteiger partial charge in [0.05, 0.1) is 5.92 Å². The zero-order valence-electron chi connectivity index (χ0n) is 10.4. The molecule has 0 aliphatic carbocycles. The number of Topliss-reactive ketones (excluding diaryl/α,β-unsaturated/α-hetero) is 1. The van der Waals surface area contributed by atoms with Crippen LogP contribution in [-0.4, -0.2) is 34.8 Å². The van der Waals surface area contributed by atoms with Crippen molar-refractivity contribution in [1.29, 1.82) is 0 Å². The van der Waals surface area contributed by atoms with Gasteiger partial charge in [0.2, 0.25) is 0 Å². The summed E-state index contributed by atoms with van der Waals surface area (Å²) in [5, 5.41) is 9.14. The maximum absolute atomic E-state index is 11.5. The molecule has 1 aromatic carbocycles. The molecule has 0 amide bonds. The first-order chi connectivity index (χ1) is 8.58. The maximum Gasteiger partial charge on any atom is 0.308 e. The van der Waals surface area contributed by atoms with Gasteiger partial charge in [-0.1, -0.05) is 30.3 Å². The molecule has 0 saturated carbocycles. The van der Waals surface area contributed by atoms with Gasteiger partial charge in [-0.2, -0.15) is 0 Å². The van der Waals surface area contributed by atoms with Crippen molar-refractivity contribution in [3.05, 3.63) is 35.9 Å². The summed E-state index contributed by atoms with van der Waals surface area (Å²) in [7, 11) is 0. The molecule has 2 rings (SSSR count). The van der Waals surface area contributed by atoms with Crippen LogP contribution in [0.1, 0.15) is 12.5 Å². The van der Waals surface area contributed by atoms with E-state index < -0.39 is 11.9 Å². The molecule has 0 bridgehead atoms. The Kier molecular flexibility index (Phi) is 3.77. The Morgan fingerprint density at radius 2 is 1.83 bits per heavy atom. The number of hydrogen-bond acceptors (Lipinski definition) is 3. The molecule has 1 aromatic rings. The lowest BCUT2D eigenvalue weighted by molar-refractivity contribution is -0.144. The van der Waals surface area contributed by atoms with E-state index in [4.69, 9.17) is 5.11 Å². The molecule has 1 heterocycles. The topological polar surface area (TPSA) is 57.6 Å². The lowest BCUT2D eigenvalue weighted by Crippen LogP contribution is -2.26. The Bertz CT molecular complexity index is 422. The van der Waals surface area contributed by atoms with Crippen molar-refractivity contribution in [1.82, 2.24) is 4.90 Å². The van der Waals surface area contributed by atoms with Crippen LogP contribution in [0.5, 0.6) is 0 Å². The number of rotatable bonds is 4. The molecule has 1 saturated heterocycles. The minimum Gasteiger partial charge on any atom is -0.481 e. The molecule has 1 aliphatic rings. The van der Waals surface area contributed by atoms with Gasteiger partial charge < -0.3 is 5.11 Å². The predicted molar refractivity (Wildman–Crippen MR) is 67.0 cm³/mol. The maximum atomic E-state index is 11.5. The summed E-state index contributed by atoms with van der Waals surface area (Å²) in [6, 6.07) is 9.89. The Morgan fingerprint density at radius 3 is 2.33 bits per heavy atom. The van der Waals surface area contributed by atoms with Crippen LogP contribution >= 0.6 is 0 Å². The molecule has 0 radical (unpaired) electrons. The average Bonchev–Trinajstić information content (AvgIpc) is 2.74. The number of carbonyl (C=O) groups excluding carboxylic acids is 1. The van der Waals surface area contributed by atoms with E-state index in [-0.39, 0.29) is 11.7 Å². The molecule has 1 aliphatic heterocycles. The van der Waals surface area contributed by atoms with Gasteiger partial charge in [0.1, 0.15) is 5.78 Å². The van der Waals surface area contributed by atoms with E-state index >= 15 is 0 Å². The molecule has 0 aromatic heterocycles. The normalized spacial score (nSPS) is 24.1. The van der Waals surface area contributed by atoms with E-state index in [9.17, 15) is 9.59 Å². The van der Waals surface area contributed by atoms with Gasteiger partial charge in [0.15, 0.2) is 0 Å². The quantitative estimate of drug-likeness (QED) is 0.874. The highest BCUT2D eigenvalue weighted by atomic mass is 16.4. The van der Waals surface area contributed by atoms with E-state index in [0.717, 1.165) is 5.56 Å². The van der Waals surface area contributed by atoms with Crippen molar-refractivity contribution in [2.24, 2.45) is 11.8 Å². The smallest absolute Gasteiger partial charge is 0.308 e. The Balaban J connectivity index is 2.05. The zero-order chi connectivity index (χ0) is 13.1. The highest BCUT2D eigenvalue weighted by molar-refractivity contribution is 5.85. The summed E-state index contributed by atoms with van der Waals surface area (Å²) in [5.41, 5.74) is 1.14. The van der Waals surface area contributed by atoms with Crippen LogP contribution in [0, 0.1) is 11.8 Å². The summed E-state index contributed by atoms with van der Waals surface area (Å²) in [4.78, 5) is 24.6. The molecule has 4 heteroatoms. The summed E-state index contributed by atoms with van der Waals surface area (Å²) in [6.07, 6.45) is 0. The fraction of sp³-hybridized carbons (Fsp3) is 0.429. The summed E-state index contributed by atoms with van der Waals surface area (Å²) in [5.74, 6) is -1.83. The lowest BCUT2D eigenvalue weighted by atomic mass is 9.93. The number of aliphatic carboxylic acids is 1. The van der Waals surface area contributed by atoms with Crippen molar-refractivity contribution in [2.75, 3.05) is 13.1 Å². The number of hydrogen-bond donors (Lipinski definition) is 1. The average molecular weight is 247 g/mol. The predicted octanol–water partition coefficient (Wildman–Crippen LogP) is 1.41. The van der Waals surface area contributed by atoms with Crippen molar-refractivity contribution in [2.45, 2.75) is 13.5 Å². The van der Waals surface area contributed by atoms with Crippen molar-refractivity contribution in [3.8, 4) is 0 Å². The summed E-state index contributed by atoms with van der Waals surface area (Å²) in [6.45, 7) is 3.18. The standard InChI is InChI=1S/C14H17NO3/c1-10(16)12-8-15(9-13(12)14(17)18)7-11-5-3-2-4-6-11/h2-6,12-13H,7-9H2,1H3,(H,17,18)/t12-,13+/m0/s1. The third-order valence-corrected chi connectivity index (χ3v) is 3.48. The minimum absolute atomic E-state index is 0.0297. The molecule has 4 nitrogen and oxygen atoms in total. The monoisotopic (exact) mass is 247 g/mol. The van der Waals surface area contributed by atoms with Crippen LogP contribution in [0.3, 0.4) is 0 Å². The van der Waals surface area contributed by atoms with Gasteiger partial charge in [0, 0.05) is 25.6 Å². The zero-order valence-corrected chi connectivity index (χ0v) is 10.4. The molecule has 1 N–H and O–H groups in total. The van der Waals surface area contributed by atoms with Gasteiger partial charge in [-0.05, 0) is 12.5 Å². The van der Waals surface area contributed by atoms with Crippen molar-refractivity contribution < 1.29 is 14.7 Å². The fourth-order valence-corrected chi connectivity index (χ4v) is 2.52. The van der Waals surface area contributed by atoms with Gasteiger partial charge >= 0.3 is 5.97 Å². The number of benzene rings is 1. The molecular weight excluding hydrogens is 230 g/mol. The van der Waals surface area contributed by atoms with Gasteiger partial charge in [-0.15, -0.1) is 0 Å². The molecule has 1 fully saturated rings. The van der Waals surface area contributed by atoms with E-state index in [1.54, 1.807) is 0 Å². The second-order valence-corrected chi connectivity index (χ2v) is 4.84. The molecule has 2 atom stereocenters. The van der Waals surface area contributed by atoms with Crippen LogP contribution in [0.4, 0.5) is 0 Å². The van der Waals surface area contributed by atoms with Crippen molar-refractivity contribution in [3.63, 3.8) is 0 Å². The second kappa shape index (κ2) is 5.31. The number of likely N-dealkylation sites (tertiary alicyclic amines) is 1. The van der Waals surface area contributed by atoms with E-state index in [1.165, 1.54) is 6.92 Å². The largest absolute Gasteiger partial charge is 0.481 e. The first-order valence-electron chi connectivity index (χ1n) is 6.07. The Hall–Kier alpha value is -1.68. The lowest BCUT2D eigenvalue weighted by Gasteiger charge is -2.14. The fourth-order valence-electron chi connectivity index (χ4n) is 2.52. The Labute approximate surface area is 106 Å². The number of ketones is 1. The third-order valence-electron chi connectivity index (χ3n) is 3.48. The molecular formula is C14H17NO3. The highest BCUT2D eigenvalue weighted by Gasteiger charge is 2.39. The number of carboxylic acids is 1. The SMILES string of the molecule is CC(=O)[C@@H]1CN(Cc2ccccc2)C[C@H]1C(=O)O. The number of carbonyl (C=O) groups is 2. The summed E-state index contributed by atoms with van der Waals surface area (Å²) >= 11 is 0. The molecule has 0 spiro atoms. The minimum atomic E-state index is -0.870. The van der Waals surface area contributed by atoms with Crippen molar-refractivity contribution >= 4 is 11.8 Å². The first kappa shape index (κ1) is 12.8. The van der Waals surface area contributed by atoms with E-state index in [0.29, 0.717) is 19.6 Å². The number of nitrogens with zero attached hydrogens (tertiary/aromatic N) is 1. The summed E-state index contributed by atoms with van der Waals surface area (Å²) < 4.78 is 0. The van der Waals surface area contributed by atoms with E-state index in [1.807, 2.05) is 35.2 Å². The third kappa shape index (κ3) is 2.76. The van der Waals surface area contributed by atoms with E-state index in [2.05, 4.69) is 0 Å². The van der Waals surface area contributed by atoms with Crippen LogP contribution in [0.2, 0.25) is 0 Å². The molecule has 18 heavy (non-hydrogen) atoms. The van der Waals surface area contributed by atoms with Gasteiger partial charge in [-0.25, -0.2) is 0 Å².